The molecule has 5 nitrogen and oxygen atoms in total. The highest BCUT2D eigenvalue weighted by Crippen LogP contribution is 2.26. The topological polar surface area (TPSA) is 61.9 Å². The van der Waals surface area contributed by atoms with Gasteiger partial charge in [0.05, 0.1) is 11.7 Å². The van der Waals surface area contributed by atoms with Crippen LogP contribution in [-0.4, -0.2) is 38.8 Å². The highest BCUT2D eigenvalue weighted by molar-refractivity contribution is 7.11. The number of thiazole rings is 1. The van der Waals surface area contributed by atoms with Crippen LogP contribution in [0.3, 0.4) is 0 Å². The first-order valence-corrected chi connectivity index (χ1v) is 7.31. The Bertz CT molecular complexity index is 563. The van der Waals surface area contributed by atoms with Crippen LogP contribution in [0.5, 0.6) is 0 Å². The molecule has 1 amide bonds. The Balaban J connectivity index is 1.73. The molecule has 3 heterocycles. The molecule has 1 saturated heterocycles. The zero-order chi connectivity index (χ0) is 13.2. The van der Waals surface area contributed by atoms with Gasteiger partial charge in [-0.05, 0) is 19.8 Å². The van der Waals surface area contributed by atoms with E-state index in [9.17, 15) is 4.79 Å². The molecule has 2 aromatic heterocycles. The number of nitrogens with zero attached hydrogens (tertiary/aromatic N) is 3. The minimum Gasteiger partial charge on any atom is -0.346 e. The molecule has 0 saturated carbocycles. The maximum absolute atomic E-state index is 12.3. The molecule has 3 rings (SSSR count). The molecule has 0 radical (unpaired) electrons. The lowest BCUT2D eigenvalue weighted by Gasteiger charge is -2.31. The van der Waals surface area contributed by atoms with Crippen molar-refractivity contribution in [2.45, 2.75) is 25.7 Å². The number of hydrogen-bond acceptors (Lipinski definition) is 4. The Kier molecular flexibility index (Phi) is 3.33. The summed E-state index contributed by atoms with van der Waals surface area (Å²) in [4.78, 5) is 26.6. The van der Waals surface area contributed by atoms with Gasteiger partial charge in [-0.3, -0.25) is 9.78 Å². The van der Waals surface area contributed by atoms with E-state index in [1.807, 2.05) is 18.0 Å². The fourth-order valence-electron chi connectivity index (χ4n) is 2.50. The SMILES string of the molecule is Cc1cnc([C@H]2CCCN(C(=O)c3cncs3)C2)[nH]1. The van der Waals surface area contributed by atoms with Gasteiger partial charge >= 0.3 is 0 Å². The third-order valence-electron chi connectivity index (χ3n) is 3.46. The molecule has 0 unspecified atom stereocenters. The second kappa shape index (κ2) is 5.13. The summed E-state index contributed by atoms with van der Waals surface area (Å²) in [5, 5.41) is 0. The number of aromatic nitrogens is 3. The predicted molar refractivity (Wildman–Crippen MR) is 73.3 cm³/mol. The molecule has 1 atom stereocenters. The van der Waals surface area contributed by atoms with E-state index in [2.05, 4.69) is 15.0 Å². The van der Waals surface area contributed by atoms with Gasteiger partial charge in [-0.25, -0.2) is 4.98 Å². The first kappa shape index (κ1) is 12.3. The predicted octanol–water partition coefficient (Wildman–Crippen LogP) is 2.19. The second-order valence-corrected chi connectivity index (χ2v) is 5.79. The summed E-state index contributed by atoms with van der Waals surface area (Å²) in [6, 6.07) is 0. The van der Waals surface area contributed by atoms with Gasteiger partial charge in [-0.2, -0.15) is 0 Å². The van der Waals surface area contributed by atoms with Crippen LogP contribution in [0.2, 0.25) is 0 Å². The third-order valence-corrected chi connectivity index (χ3v) is 4.22. The molecule has 1 N–H and O–H groups in total. The molecule has 1 aliphatic rings. The number of imidazole rings is 1. The normalized spacial score (nSPS) is 19.6. The fourth-order valence-corrected chi connectivity index (χ4v) is 3.09. The zero-order valence-electron chi connectivity index (χ0n) is 10.8. The smallest absolute Gasteiger partial charge is 0.265 e. The van der Waals surface area contributed by atoms with Gasteiger partial charge in [0, 0.05) is 30.9 Å². The number of piperidine rings is 1. The number of H-pyrrole nitrogens is 1. The molecular formula is C13H16N4OS. The number of rotatable bonds is 2. The van der Waals surface area contributed by atoms with Crippen LogP contribution in [-0.2, 0) is 0 Å². The van der Waals surface area contributed by atoms with Crippen LogP contribution in [0.15, 0.2) is 17.9 Å². The summed E-state index contributed by atoms with van der Waals surface area (Å²) in [5.74, 6) is 1.41. The number of likely N-dealkylation sites (tertiary alicyclic amines) is 1. The molecule has 100 valence electrons. The van der Waals surface area contributed by atoms with E-state index in [0.29, 0.717) is 5.92 Å². The fraction of sp³-hybridized carbons (Fsp3) is 0.462. The first-order valence-electron chi connectivity index (χ1n) is 6.43. The largest absolute Gasteiger partial charge is 0.346 e. The Morgan fingerprint density at radius 2 is 2.42 bits per heavy atom. The van der Waals surface area contributed by atoms with E-state index in [1.165, 1.54) is 11.3 Å². The Morgan fingerprint density at radius 1 is 1.53 bits per heavy atom. The van der Waals surface area contributed by atoms with Crippen molar-refractivity contribution in [2.75, 3.05) is 13.1 Å². The number of carbonyl (C=O) groups excluding carboxylic acids is 1. The highest BCUT2D eigenvalue weighted by atomic mass is 32.1. The van der Waals surface area contributed by atoms with Gasteiger partial charge in [0.2, 0.25) is 0 Å². The summed E-state index contributed by atoms with van der Waals surface area (Å²) < 4.78 is 0. The number of amides is 1. The van der Waals surface area contributed by atoms with Crippen molar-refractivity contribution in [2.24, 2.45) is 0 Å². The summed E-state index contributed by atoms with van der Waals surface area (Å²) in [6.45, 7) is 3.57. The number of aryl methyl sites for hydroxylation is 1. The van der Waals surface area contributed by atoms with Crippen molar-refractivity contribution < 1.29 is 4.79 Å². The molecule has 0 aromatic carbocycles. The van der Waals surface area contributed by atoms with Crippen molar-refractivity contribution in [1.29, 1.82) is 0 Å². The first-order chi connectivity index (χ1) is 9.24. The summed E-state index contributed by atoms with van der Waals surface area (Å²) in [7, 11) is 0. The number of aromatic amines is 1. The van der Waals surface area contributed by atoms with Gasteiger partial charge in [0.15, 0.2) is 0 Å². The molecule has 2 aromatic rings. The minimum absolute atomic E-state index is 0.0930. The van der Waals surface area contributed by atoms with Crippen molar-refractivity contribution in [3.05, 3.63) is 34.3 Å². The van der Waals surface area contributed by atoms with Crippen molar-refractivity contribution in [3.8, 4) is 0 Å². The maximum atomic E-state index is 12.3. The van der Waals surface area contributed by atoms with Crippen molar-refractivity contribution >= 4 is 17.2 Å². The maximum Gasteiger partial charge on any atom is 0.265 e. The summed E-state index contributed by atoms with van der Waals surface area (Å²) in [6.07, 6.45) is 5.60. The summed E-state index contributed by atoms with van der Waals surface area (Å²) in [5.41, 5.74) is 2.77. The van der Waals surface area contributed by atoms with Crippen LogP contribution >= 0.6 is 11.3 Å². The lowest BCUT2D eigenvalue weighted by molar-refractivity contribution is 0.0709. The molecular weight excluding hydrogens is 260 g/mol. The molecule has 0 aliphatic carbocycles. The van der Waals surface area contributed by atoms with Crippen molar-refractivity contribution in [1.82, 2.24) is 19.9 Å². The quantitative estimate of drug-likeness (QED) is 0.914. The van der Waals surface area contributed by atoms with Gasteiger partial charge < -0.3 is 9.88 Å². The van der Waals surface area contributed by atoms with Crippen molar-refractivity contribution in [3.63, 3.8) is 0 Å². The number of nitrogens with one attached hydrogen (secondary N) is 1. The minimum atomic E-state index is 0.0930. The lowest BCUT2D eigenvalue weighted by atomic mass is 9.97. The Hall–Kier alpha value is -1.69. The molecule has 0 bridgehead atoms. The van der Waals surface area contributed by atoms with E-state index in [4.69, 9.17) is 0 Å². The average molecular weight is 276 g/mol. The molecule has 6 heteroatoms. The lowest BCUT2D eigenvalue weighted by Crippen LogP contribution is -2.39. The van der Waals surface area contributed by atoms with Crippen LogP contribution in [0.4, 0.5) is 0 Å². The van der Waals surface area contributed by atoms with Crippen LogP contribution < -0.4 is 0 Å². The van der Waals surface area contributed by atoms with Crippen LogP contribution in [0.25, 0.3) is 0 Å². The average Bonchev–Trinajstić information content (AvgIpc) is 3.09. The van der Waals surface area contributed by atoms with Crippen LogP contribution in [0, 0.1) is 6.92 Å². The van der Waals surface area contributed by atoms with Gasteiger partial charge in [-0.15, -0.1) is 11.3 Å². The molecule has 19 heavy (non-hydrogen) atoms. The van der Waals surface area contributed by atoms with E-state index >= 15 is 0 Å². The zero-order valence-corrected chi connectivity index (χ0v) is 11.6. The van der Waals surface area contributed by atoms with Crippen LogP contribution in [0.1, 0.15) is 39.9 Å². The molecule has 1 fully saturated rings. The number of hydrogen-bond donors (Lipinski definition) is 1. The second-order valence-electron chi connectivity index (χ2n) is 4.91. The van der Waals surface area contributed by atoms with Gasteiger partial charge in [0.25, 0.3) is 5.91 Å². The van der Waals surface area contributed by atoms with E-state index in [1.54, 1.807) is 11.7 Å². The Morgan fingerprint density at radius 3 is 3.11 bits per heavy atom. The standard InChI is InChI=1S/C13H16N4OS/c1-9-5-15-12(16-9)10-3-2-4-17(7-10)13(18)11-6-14-8-19-11/h5-6,8,10H,2-4,7H2,1H3,(H,15,16)/t10-/m0/s1. The summed E-state index contributed by atoms with van der Waals surface area (Å²) >= 11 is 1.40. The highest BCUT2D eigenvalue weighted by Gasteiger charge is 2.27. The van der Waals surface area contributed by atoms with Gasteiger partial charge in [0.1, 0.15) is 10.7 Å². The van der Waals surface area contributed by atoms with E-state index in [0.717, 1.165) is 42.3 Å². The number of carbonyl (C=O) groups is 1. The molecule has 0 spiro atoms. The van der Waals surface area contributed by atoms with E-state index in [-0.39, 0.29) is 5.91 Å². The monoisotopic (exact) mass is 276 g/mol. The van der Waals surface area contributed by atoms with Gasteiger partial charge in [-0.1, -0.05) is 0 Å². The molecule has 1 aliphatic heterocycles. The third kappa shape index (κ3) is 2.53. The van der Waals surface area contributed by atoms with E-state index < -0.39 is 0 Å². The Labute approximate surface area is 115 Å².